The van der Waals surface area contributed by atoms with Gasteiger partial charge in [0.05, 0.1) is 24.9 Å². The fourth-order valence-corrected chi connectivity index (χ4v) is 2.22. The molecule has 1 N–H and O–H groups in total. The highest BCUT2D eigenvalue weighted by Gasteiger charge is 2.23. The highest BCUT2D eigenvalue weighted by atomic mass is 16.5. The molecule has 0 saturated heterocycles. The van der Waals surface area contributed by atoms with Gasteiger partial charge in [0, 0.05) is 0 Å². The van der Waals surface area contributed by atoms with Gasteiger partial charge in [-0.1, -0.05) is 6.07 Å². The van der Waals surface area contributed by atoms with E-state index in [4.69, 9.17) is 14.7 Å². The summed E-state index contributed by atoms with van der Waals surface area (Å²) in [5.74, 6) is 1.10. The number of hydrogen-bond acceptors (Lipinski definition) is 4. The van der Waals surface area contributed by atoms with Crippen LogP contribution < -0.4 is 9.47 Å². The summed E-state index contributed by atoms with van der Waals surface area (Å²) < 4.78 is 11.1. The molecular weight excluding hydrogens is 230 g/mol. The molecule has 0 amide bonds. The summed E-state index contributed by atoms with van der Waals surface area (Å²) in [4.78, 5) is 0. The Balaban J connectivity index is 2.15. The molecule has 1 fully saturated rings. The Morgan fingerprint density at radius 1 is 1.28 bits per heavy atom. The fraction of sp³-hybridized carbons (Fsp3) is 0.500. The van der Waals surface area contributed by atoms with E-state index in [9.17, 15) is 5.11 Å². The summed E-state index contributed by atoms with van der Waals surface area (Å²) in [5.41, 5.74) is 0.487. The van der Waals surface area contributed by atoms with Gasteiger partial charge in [-0.25, -0.2) is 0 Å². The lowest BCUT2D eigenvalue weighted by Crippen LogP contribution is -2.26. The second kappa shape index (κ2) is 5.74. The molecule has 0 bridgehead atoms. The van der Waals surface area contributed by atoms with Gasteiger partial charge in [-0.15, -0.1) is 0 Å². The van der Waals surface area contributed by atoms with Crippen LogP contribution in [0.3, 0.4) is 0 Å². The summed E-state index contributed by atoms with van der Waals surface area (Å²) in [6.45, 7) is 0. The van der Waals surface area contributed by atoms with Gasteiger partial charge in [-0.05, 0) is 37.8 Å². The second-order valence-corrected chi connectivity index (χ2v) is 4.50. The number of ether oxygens (including phenoxy) is 2. The molecule has 0 aliphatic heterocycles. The van der Waals surface area contributed by atoms with Gasteiger partial charge in [0.15, 0.2) is 11.5 Å². The normalized spacial score (nSPS) is 23.2. The highest BCUT2D eigenvalue weighted by molar-refractivity contribution is 5.52. The smallest absolute Gasteiger partial charge is 0.179 e. The quantitative estimate of drug-likeness (QED) is 0.889. The maximum atomic E-state index is 9.46. The molecule has 1 aliphatic carbocycles. The van der Waals surface area contributed by atoms with Crippen molar-refractivity contribution in [2.45, 2.75) is 37.9 Å². The molecule has 4 heteroatoms. The van der Waals surface area contributed by atoms with E-state index >= 15 is 0 Å². The molecule has 4 nitrogen and oxygen atoms in total. The van der Waals surface area contributed by atoms with Crippen molar-refractivity contribution in [3.05, 3.63) is 23.8 Å². The topological polar surface area (TPSA) is 62.5 Å². The molecule has 0 heterocycles. The zero-order chi connectivity index (χ0) is 13.0. The second-order valence-electron chi connectivity index (χ2n) is 4.50. The minimum absolute atomic E-state index is 0.0526. The van der Waals surface area contributed by atoms with E-state index in [0.29, 0.717) is 17.1 Å². The fourth-order valence-electron chi connectivity index (χ4n) is 2.22. The first-order chi connectivity index (χ1) is 8.74. The highest BCUT2D eigenvalue weighted by Crippen LogP contribution is 2.33. The van der Waals surface area contributed by atoms with Crippen molar-refractivity contribution in [3.63, 3.8) is 0 Å². The molecule has 1 aromatic rings. The third kappa shape index (κ3) is 2.74. The number of rotatable bonds is 3. The lowest BCUT2D eigenvalue weighted by molar-refractivity contribution is 0.0651. The van der Waals surface area contributed by atoms with Crippen molar-refractivity contribution in [1.29, 1.82) is 5.26 Å². The largest absolute Gasteiger partial charge is 0.493 e. The van der Waals surface area contributed by atoms with Gasteiger partial charge in [0.25, 0.3) is 0 Å². The van der Waals surface area contributed by atoms with Crippen LogP contribution in [0.1, 0.15) is 31.2 Å². The summed E-state index contributed by atoms with van der Waals surface area (Å²) in [6, 6.07) is 7.39. The number of nitrogens with zero attached hydrogens (tertiary/aromatic N) is 1. The van der Waals surface area contributed by atoms with Crippen molar-refractivity contribution in [2.75, 3.05) is 7.11 Å². The van der Waals surface area contributed by atoms with Crippen LogP contribution in [-0.4, -0.2) is 24.4 Å². The predicted molar refractivity (Wildman–Crippen MR) is 66.6 cm³/mol. The Hall–Kier alpha value is -1.73. The molecule has 2 rings (SSSR count). The van der Waals surface area contributed by atoms with Crippen molar-refractivity contribution >= 4 is 0 Å². The van der Waals surface area contributed by atoms with Crippen molar-refractivity contribution in [3.8, 4) is 17.6 Å². The Kier molecular flexibility index (Phi) is 4.06. The van der Waals surface area contributed by atoms with Crippen LogP contribution in [0.2, 0.25) is 0 Å². The van der Waals surface area contributed by atoms with Crippen LogP contribution in [0.15, 0.2) is 18.2 Å². The minimum Gasteiger partial charge on any atom is -0.493 e. The number of aliphatic hydroxyl groups excluding tert-OH is 1. The third-order valence-corrected chi connectivity index (χ3v) is 3.25. The summed E-state index contributed by atoms with van der Waals surface area (Å²) in [5, 5.41) is 18.5. The van der Waals surface area contributed by atoms with Gasteiger partial charge >= 0.3 is 0 Å². The van der Waals surface area contributed by atoms with Gasteiger partial charge in [0.2, 0.25) is 0 Å². The molecule has 1 aliphatic rings. The molecule has 1 saturated carbocycles. The van der Waals surface area contributed by atoms with Crippen LogP contribution in [0.25, 0.3) is 0 Å². The molecule has 0 unspecified atom stereocenters. The average Bonchev–Trinajstić information content (AvgIpc) is 2.41. The molecule has 1 aromatic carbocycles. The number of hydrogen-bond donors (Lipinski definition) is 1. The van der Waals surface area contributed by atoms with Gasteiger partial charge in [0.1, 0.15) is 6.07 Å². The molecule has 0 atom stereocenters. The van der Waals surface area contributed by atoms with Crippen molar-refractivity contribution in [1.82, 2.24) is 0 Å². The first-order valence-electron chi connectivity index (χ1n) is 6.16. The number of aliphatic hydroxyl groups is 1. The molecule has 18 heavy (non-hydrogen) atoms. The summed E-state index contributed by atoms with van der Waals surface area (Å²) in [6.07, 6.45) is 2.96. The summed E-state index contributed by atoms with van der Waals surface area (Å²) in [7, 11) is 1.56. The molecule has 0 radical (unpaired) electrons. The molecule has 0 aromatic heterocycles. The maximum absolute atomic E-state index is 9.46. The Morgan fingerprint density at radius 3 is 2.61 bits per heavy atom. The van der Waals surface area contributed by atoms with E-state index in [-0.39, 0.29) is 12.2 Å². The molecule has 0 spiro atoms. The van der Waals surface area contributed by atoms with Crippen LogP contribution in [0.4, 0.5) is 0 Å². The lowest BCUT2D eigenvalue weighted by Gasteiger charge is -2.27. The standard InChI is InChI=1S/C14H17NO3/c1-17-13-4-2-3-10(9-15)14(13)18-12-7-5-11(16)6-8-12/h2-4,11-12,16H,5-8H2,1H3. The zero-order valence-electron chi connectivity index (χ0n) is 10.4. The Morgan fingerprint density at radius 2 is 2.00 bits per heavy atom. The number of nitriles is 1. The SMILES string of the molecule is COc1cccc(C#N)c1OC1CCC(O)CC1. The maximum Gasteiger partial charge on any atom is 0.179 e. The predicted octanol–water partition coefficient (Wildman–Crippen LogP) is 2.25. The zero-order valence-corrected chi connectivity index (χ0v) is 10.4. The first kappa shape index (κ1) is 12.7. The van der Waals surface area contributed by atoms with Crippen molar-refractivity contribution in [2.24, 2.45) is 0 Å². The van der Waals surface area contributed by atoms with E-state index in [1.54, 1.807) is 25.3 Å². The monoisotopic (exact) mass is 247 g/mol. The lowest BCUT2D eigenvalue weighted by atomic mass is 9.95. The van der Waals surface area contributed by atoms with E-state index in [0.717, 1.165) is 25.7 Å². The van der Waals surface area contributed by atoms with E-state index in [1.165, 1.54) is 0 Å². The van der Waals surface area contributed by atoms with Crippen LogP contribution >= 0.6 is 0 Å². The summed E-state index contributed by atoms with van der Waals surface area (Å²) >= 11 is 0. The average molecular weight is 247 g/mol. The van der Waals surface area contributed by atoms with Crippen LogP contribution in [-0.2, 0) is 0 Å². The Bertz CT molecular complexity index is 445. The van der Waals surface area contributed by atoms with Crippen LogP contribution in [0, 0.1) is 11.3 Å². The number of methoxy groups -OCH3 is 1. The number of para-hydroxylation sites is 1. The minimum atomic E-state index is -0.210. The van der Waals surface area contributed by atoms with E-state index in [2.05, 4.69) is 6.07 Å². The van der Waals surface area contributed by atoms with Gasteiger partial charge < -0.3 is 14.6 Å². The van der Waals surface area contributed by atoms with E-state index < -0.39 is 0 Å². The van der Waals surface area contributed by atoms with Crippen molar-refractivity contribution < 1.29 is 14.6 Å². The Labute approximate surface area is 107 Å². The molecular formula is C14H17NO3. The molecule has 96 valence electrons. The van der Waals surface area contributed by atoms with Gasteiger partial charge in [-0.3, -0.25) is 0 Å². The van der Waals surface area contributed by atoms with E-state index in [1.807, 2.05) is 0 Å². The number of benzene rings is 1. The third-order valence-electron chi connectivity index (χ3n) is 3.25. The van der Waals surface area contributed by atoms with Crippen LogP contribution in [0.5, 0.6) is 11.5 Å². The van der Waals surface area contributed by atoms with Gasteiger partial charge in [-0.2, -0.15) is 5.26 Å². The first-order valence-corrected chi connectivity index (χ1v) is 6.16.